The molecule has 0 saturated heterocycles. The van der Waals surface area contributed by atoms with Crippen LogP contribution in [0, 0.1) is 0 Å². The normalized spacial score (nSPS) is 12.9. The number of aliphatic hydroxyl groups excluding tert-OH is 3. The summed E-state index contributed by atoms with van der Waals surface area (Å²) in [4.78, 5) is 0. The van der Waals surface area contributed by atoms with E-state index in [9.17, 15) is 8.42 Å². The van der Waals surface area contributed by atoms with Crippen molar-refractivity contribution in [3.8, 4) is 0 Å². The fraction of sp³-hybridized carbons (Fsp3) is 1.00. The molecule has 0 aliphatic heterocycles. The third-order valence-electron chi connectivity index (χ3n) is 1.63. The van der Waals surface area contributed by atoms with E-state index in [1.807, 2.05) is 0 Å². The largest absolute Gasteiger partial charge is 0.419 e. The number of rotatable bonds is 11. The number of methoxy groups -OCH3 is 1. The van der Waals surface area contributed by atoms with Gasteiger partial charge in [0.1, 0.15) is 0 Å². The Morgan fingerprint density at radius 1 is 0.944 bits per heavy atom. The second kappa shape index (κ2) is 8.72. The monoisotopic (exact) mass is 290 g/mol. The molecule has 0 spiro atoms. The lowest BCUT2D eigenvalue weighted by atomic mass is 10.8. The van der Waals surface area contributed by atoms with E-state index in [-0.39, 0.29) is 13.2 Å². The predicted molar refractivity (Wildman–Crippen MR) is 57.8 cm³/mol. The molecule has 10 heteroatoms. The van der Waals surface area contributed by atoms with Crippen LogP contribution in [-0.2, 0) is 28.5 Å². The summed E-state index contributed by atoms with van der Waals surface area (Å²) in [6.45, 7) is -2.74. The van der Waals surface area contributed by atoms with Gasteiger partial charge in [-0.1, -0.05) is 0 Å². The number of aliphatic hydroxyl groups is 3. The molecule has 3 N–H and O–H groups in total. The summed E-state index contributed by atoms with van der Waals surface area (Å²) in [5, 5.41) is 23.2. The molecular formula is C8H18O9S. The lowest BCUT2D eigenvalue weighted by Crippen LogP contribution is -2.48. The Morgan fingerprint density at radius 3 is 1.72 bits per heavy atom. The maximum Gasteiger partial charge on any atom is 0.419 e. The van der Waals surface area contributed by atoms with Gasteiger partial charge in [-0.15, -0.1) is 0 Å². The van der Waals surface area contributed by atoms with E-state index in [2.05, 4.69) is 8.92 Å². The average Bonchev–Trinajstić information content (AvgIpc) is 2.37. The van der Waals surface area contributed by atoms with Gasteiger partial charge in [0.15, 0.2) is 0 Å². The van der Waals surface area contributed by atoms with Crippen LogP contribution >= 0.6 is 0 Å². The Bertz CT molecular complexity index is 294. The van der Waals surface area contributed by atoms with Crippen molar-refractivity contribution in [3.05, 3.63) is 0 Å². The van der Waals surface area contributed by atoms with E-state index >= 15 is 0 Å². The summed E-state index contributed by atoms with van der Waals surface area (Å²) in [5.74, 6) is 0. The van der Waals surface area contributed by atoms with Crippen molar-refractivity contribution in [1.29, 1.82) is 0 Å². The van der Waals surface area contributed by atoms with Crippen LogP contribution in [0.4, 0.5) is 0 Å². The molecule has 9 nitrogen and oxygen atoms in total. The highest BCUT2D eigenvalue weighted by atomic mass is 32.2. The standard InChI is InChI=1S/C8H18O9S/c1-14-8(15-5-2-9,16-6-3-10)18(12,13)17-7-4-11/h9-11H,2-7H2,1H3. The van der Waals surface area contributed by atoms with Crippen molar-refractivity contribution < 1.29 is 42.1 Å². The molecular weight excluding hydrogens is 272 g/mol. The molecule has 0 bridgehead atoms. The van der Waals surface area contributed by atoms with Gasteiger partial charge in [-0.25, -0.2) is 0 Å². The molecule has 0 aliphatic carbocycles. The van der Waals surface area contributed by atoms with Crippen LogP contribution in [0.5, 0.6) is 0 Å². The summed E-state index contributed by atoms with van der Waals surface area (Å²) in [6, 6.07) is 0. The van der Waals surface area contributed by atoms with E-state index in [1.165, 1.54) is 0 Å². The summed E-state index contributed by atoms with van der Waals surface area (Å²) in [5.41, 5.74) is 0. The Hall–Kier alpha value is -0.330. The first-order valence-electron chi connectivity index (χ1n) is 5.04. The summed E-state index contributed by atoms with van der Waals surface area (Å²) >= 11 is 0. The Balaban J connectivity index is 5.00. The molecule has 18 heavy (non-hydrogen) atoms. The molecule has 0 radical (unpaired) electrons. The first-order valence-corrected chi connectivity index (χ1v) is 6.45. The Kier molecular flexibility index (Phi) is 8.56. The van der Waals surface area contributed by atoms with Crippen LogP contribution < -0.4 is 0 Å². The van der Waals surface area contributed by atoms with Gasteiger partial charge in [0, 0.05) is 7.11 Å². The van der Waals surface area contributed by atoms with Crippen LogP contribution in [0.15, 0.2) is 0 Å². The zero-order valence-electron chi connectivity index (χ0n) is 9.94. The van der Waals surface area contributed by atoms with Gasteiger partial charge >= 0.3 is 15.4 Å². The molecule has 110 valence electrons. The number of hydrogen-bond donors (Lipinski definition) is 3. The Labute approximate surface area is 105 Å². The molecule has 0 aliphatic rings. The highest BCUT2D eigenvalue weighted by Gasteiger charge is 2.49. The Morgan fingerprint density at radius 2 is 1.39 bits per heavy atom. The third-order valence-corrected chi connectivity index (χ3v) is 3.12. The molecule has 0 aromatic rings. The molecule has 0 aromatic heterocycles. The van der Waals surface area contributed by atoms with E-state index in [0.717, 1.165) is 7.11 Å². The molecule has 0 fully saturated rings. The molecule has 0 saturated carbocycles. The van der Waals surface area contributed by atoms with E-state index in [1.54, 1.807) is 0 Å². The fourth-order valence-electron chi connectivity index (χ4n) is 0.966. The van der Waals surface area contributed by atoms with Gasteiger partial charge in [0.25, 0.3) is 0 Å². The van der Waals surface area contributed by atoms with Gasteiger partial charge in [0.2, 0.25) is 0 Å². The maximum absolute atomic E-state index is 11.8. The van der Waals surface area contributed by atoms with Gasteiger partial charge in [-0.2, -0.15) is 8.42 Å². The molecule has 0 rings (SSSR count). The lowest BCUT2D eigenvalue weighted by molar-refractivity contribution is -0.320. The molecule has 0 amide bonds. The predicted octanol–water partition coefficient (Wildman–Crippen LogP) is -2.40. The molecule has 0 aromatic carbocycles. The molecule has 0 atom stereocenters. The highest BCUT2D eigenvalue weighted by Crippen LogP contribution is 2.24. The van der Waals surface area contributed by atoms with Crippen molar-refractivity contribution in [3.63, 3.8) is 0 Å². The maximum atomic E-state index is 11.8. The van der Waals surface area contributed by atoms with Crippen LogP contribution in [0.2, 0.25) is 0 Å². The van der Waals surface area contributed by atoms with Crippen molar-refractivity contribution in [2.75, 3.05) is 46.8 Å². The second-order valence-corrected chi connectivity index (χ2v) is 4.49. The van der Waals surface area contributed by atoms with Gasteiger partial charge in [0.05, 0.1) is 39.6 Å². The van der Waals surface area contributed by atoms with Crippen molar-refractivity contribution in [2.24, 2.45) is 0 Å². The molecule has 0 unspecified atom stereocenters. The summed E-state index contributed by atoms with van der Waals surface area (Å²) in [6.07, 6.45) is 0. The zero-order chi connectivity index (χ0) is 14.1. The first kappa shape index (κ1) is 17.7. The lowest BCUT2D eigenvalue weighted by Gasteiger charge is -2.29. The van der Waals surface area contributed by atoms with Crippen LogP contribution in [0.25, 0.3) is 0 Å². The molecule has 0 heterocycles. The minimum atomic E-state index is -4.49. The van der Waals surface area contributed by atoms with E-state index < -0.39 is 41.9 Å². The third kappa shape index (κ3) is 4.74. The van der Waals surface area contributed by atoms with Crippen LogP contribution in [-0.4, -0.2) is 75.8 Å². The smallest absolute Gasteiger partial charge is 0.394 e. The van der Waals surface area contributed by atoms with Gasteiger partial charge in [-0.05, 0) is 0 Å². The topological polar surface area (TPSA) is 132 Å². The zero-order valence-corrected chi connectivity index (χ0v) is 10.8. The van der Waals surface area contributed by atoms with E-state index in [0.29, 0.717) is 0 Å². The summed E-state index contributed by atoms with van der Waals surface area (Å²) < 4.78 is 42.2. The number of hydrogen-bond acceptors (Lipinski definition) is 9. The highest BCUT2D eigenvalue weighted by molar-refractivity contribution is 7.87. The SMILES string of the molecule is COC(OCCO)(OCCO)S(=O)(=O)OCCO. The van der Waals surface area contributed by atoms with Crippen molar-refractivity contribution in [2.45, 2.75) is 5.31 Å². The minimum Gasteiger partial charge on any atom is -0.394 e. The summed E-state index contributed by atoms with van der Waals surface area (Å²) in [7, 11) is -3.49. The average molecular weight is 290 g/mol. The minimum absolute atomic E-state index is 0.388. The van der Waals surface area contributed by atoms with Crippen LogP contribution in [0.3, 0.4) is 0 Å². The quantitative estimate of drug-likeness (QED) is 0.281. The number of ether oxygens (including phenoxy) is 3. The fourth-order valence-corrected chi connectivity index (χ4v) is 2.06. The van der Waals surface area contributed by atoms with Crippen LogP contribution in [0.1, 0.15) is 0 Å². The van der Waals surface area contributed by atoms with E-state index in [4.69, 9.17) is 24.8 Å². The van der Waals surface area contributed by atoms with Gasteiger partial charge in [-0.3, -0.25) is 4.18 Å². The van der Waals surface area contributed by atoms with Gasteiger partial charge < -0.3 is 29.5 Å². The van der Waals surface area contributed by atoms with Crippen molar-refractivity contribution in [1.82, 2.24) is 0 Å². The van der Waals surface area contributed by atoms with Crippen molar-refractivity contribution >= 4 is 10.1 Å². The second-order valence-electron chi connectivity index (χ2n) is 2.85. The first-order chi connectivity index (χ1) is 8.49.